The number of carbonyl (C=O) groups is 3. The molecule has 0 bridgehead atoms. The van der Waals surface area contributed by atoms with E-state index < -0.39 is 17.9 Å². The predicted molar refractivity (Wildman–Crippen MR) is 132 cm³/mol. The maximum atomic E-state index is 13.7. The van der Waals surface area contributed by atoms with E-state index in [1.54, 1.807) is 30.6 Å². The van der Waals surface area contributed by atoms with Crippen LogP contribution in [-0.4, -0.2) is 35.3 Å². The number of hydrogen-bond acceptors (Lipinski definition) is 5. The molecule has 1 saturated carbocycles. The van der Waals surface area contributed by atoms with Crippen LogP contribution in [0.2, 0.25) is 0 Å². The molecule has 1 atom stereocenters. The van der Waals surface area contributed by atoms with Gasteiger partial charge in [0.1, 0.15) is 6.04 Å². The molecule has 0 aliphatic heterocycles. The summed E-state index contributed by atoms with van der Waals surface area (Å²) in [5.74, 6) is -1.09. The Labute approximate surface area is 204 Å². The number of carbonyl (C=O) groups excluding carboxylic acids is 3. The molecule has 0 unspecified atom stereocenters. The van der Waals surface area contributed by atoms with Crippen molar-refractivity contribution in [3.8, 4) is 0 Å². The summed E-state index contributed by atoms with van der Waals surface area (Å²) in [6.07, 6.45) is 9.40. The Morgan fingerprint density at radius 2 is 1.86 bits per heavy atom. The number of nitrogens with one attached hydrogen (secondary N) is 2. The molecule has 8 nitrogen and oxygen atoms in total. The van der Waals surface area contributed by atoms with Crippen LogP contribution in [0.3, 0.4) is 0 Å². The van der Waals surface area contributed by atoms with Gasteiger partial charge in [-0.2, -0.15) is 0 Å². The van der Waals surface area contributed by atoms with Gasteiger partial charge in [0.2, 0.25) is 11.8 Å². The first-order chi connectivity index (χ1) is 17.1. The summed E-state index contributed by atoms with van der Waals surface area (Å²) in [7, 11) is 0. The smallest absolute Gasteiger partial charge is 0.287 e. The topological polar surface area (TPSA) is 105 Å². The first-order valence-electron chi connectivity index (χ1n) is 12.0. The van der Waals surface area contributed by atoms with Crippen LogP contribution in [0.15, 0.2) is 71.6 Å². The molecule has 1 aromatic carbocycles. The lowest BCUT2D eigenvalue weighted by atomic mass is 10.00. The summed E-state index contributed by atoms with van der Waals surface area (Å²) in [4.78, 5) is 45.2. The number of rotatable bonds is 9. The average Bonchev–Trinajstić information content (AvgIpc) is 3.61. The van der Waals surface area contributed by atoms with Gasteiger partial charge in [-0.1, -0.05) is 44.0 Å². The highest BCUT2D eigenvalue weighted by molar-refractivity contribution is 6.04. The molecule has 1 aliphatic carbocycles. The van der Waals surface area contributed by atoms with Gasteiger partial charge in [-0.15, -0.1) is 0 Å². The van der Waals surface area contributed by atoms with E-state index in [0.717, 1.165) is 37.7 Å². The summed E-state index contributed by atoms with van der Waals surface area (Å²) in [5, 5.41) is 5.74. The largest absolute Gasteiger partial charge is 0.459 e. The van der Waals surface area contributed by atoms with Crippen LogP contribution in [-0.2, 0) is 16.0 Å². The van der Waals surface area contributed by atoms with E-state index in [0.29, 0.717) is 11.3 Å². The lowest BCUT2D eigenvalue weighted by Gasteiger charge is -2.32. The second-order valence-electron chi connectivity index (χ2n) is 8.62. The lowest BCUT2D eigenvalue weighted by molar-refractivity contribution is -0.126. The van der Waals surface area contributed by atoms with Gasteiger partial charge < -0.3 is 15.1 Å². The summed E-state index contributed by atoms with van der Waals surface area (Å²) in [5.41, 5.74) is 2.29. The van der Waals surface area contributed by atoms with Gasteiger partial charge in [-0.25, -0.2) is 0 Å². The van der Waals surface area contributed by atoms with Crippen molar-refractivity contribution >= 4 is 23.4 Å². The van der Waals surface area contributed by atoms with E-state index in [4.69, 9.17) is 4.42 Å². The fraction of sp³-hybridized carbons (Fsp3) is 0.333. The van der Waals surface area contributed by atoms with Crippen molar-refractivity contribution in [3.05, 3.63) is 84.1 Å². The molecule has 0 spiro atoms. The molecule has 8 heteroatoms. The molecule has 1 fully saturated rings. The Morgan fingerprint density at radius 1 is 1.09 bits per heavy atom. The third-order valence-corrected chi connectivity index (χ3v) is 6.25. The van der Waals surface area contributed by atoms with Crippen molar-refractivity contribution in [3.63, 3.8) is 0 Å². The van der Waals surface area contributed by atoms with Crippen LogP contribution in [0.5, 0.6) is 0 Å². The minimum absolute atomic E-state index is 0.0874. The zero-order valence-corrected chi connectivity index (χ0v) is 19.8. The number of anilines is 1. The summed E-state index contributed by atoms with van der Waals surface area (Å²) in [6, 6.07) is 13.4. The Hall–Kier alpha value is -3.94. The van der Waals surface area contributed by atoms with Crippen molar-refractivity contribution in [1.82, 2.24) is 15.6 Å². The van der Waals surface area contributed by atoms with Gasteiger partial charge in [0.25, 0.3) is 5.91 Å². The van der Waals surface area contributed by atoms with Gasteiger partial charge in [0.05, 0.1) is 24.7 Å². The van der Waals surface area contributed by atoms with E-state index in [-0.39, 0.29) is 24.3 Å². The molecular formula is C27H30N4O4. The van der Waals surface area contributed by atoms with Crippen LogP contribution in [0, 0.1) is 0 Å². The van der Waals surface area contributed by atoms with Crippen molar-refractivity contribution < 1.29 is 18.8 Å². The molecule has 3 amide bonds. The van der Waals surface area contributed by atoms with E-state index in [2.05, 4.69) is 22.5 Å². The van der Waals surface area contributed by atoms with Crippen LogP contribution in [0.25, 0.3) is 0 Å². The molecule has 0 radical (unpaired) electrons. The number of aryl methyl sites for hydroxylation is 1. The Kier molecular flexibility index (Phi) is 7.92. The molecule has 182 valence electrons. The van der Waals surface area contributed by atoms with Gasteiger partial charge in [0, 0.05) is 12.2 Å². The minimum Gasteiger partial charge on any atom is -0.459 e. The van der Waals surface area contributed by atoms with Gasteiger partial charge in [0.15, 0.2) is 5.76 Å². The molecule has 2 heterocycles. The monoisotopic (exact) mass is 474 g/mol. The van der Waals surface area contributed by atoms with Crippen LogP contribution in [0.4, 0.5) is 5.69 Å². The van der Waals surface area contributed by atoms with Crippen LogP contribution in [0.1, 0.15) is 60.3 Å². The number of aromatic nitrogens is 1. The highest BCUT2D eigenvalue weighted by atomic mass is 16.3. The zero-order valence-electron chi connectivity index (χ0n) is 19.8. The molecule has 1 aliphatic rings. The summed E-state index contributed by atoms with van der Waals surface area (Å²) >= 11 is 0. The normalized spacial score (nSPS) is 14.3. The van der Waals surface area contributed by atoms with E-state index >= 15 is 0 Å². The summed E-state index contributed by atoms with van der Waals surface area (Å²) in [6.45, 7) is 1.75. The molecular weight excluding hydrogens is 444 g/mol. The first-order valence-corrected chi connectivity index (χ1v) is 12.0. The second-order valence-corrected chi connectivity index (χ2v) is 8.62. The minimum atomic E-state index is -0.918. The Bertz CT molecular complexity index is 1120. The van der Waals surface area contributed by atoms with Crippen LogP contribution < -0.4 is 15.5 Å². The SMILES string of the molecule is CCc1ccc([C@@H](C(=O)NC2CCCC2)N(C(=O)CNC(=O)c2ccco2)c2cccnc2)cc1. The Balaban J connectivity index is 1.66. The lowest BCUT2D eigenvalue weighted by Crippen LogP contribution is -2.49. The highest BCUT2D eigenvalue weighted by Crippen LogP contribution is 2.29. The van der Waals surface area contributed by atoms with Crippen molar-refractivity contribution in [2.75, 3.05) is 11.4 Å². The third kappa shape index (κ3) is 5.95. The number of hydrogen-bond donors (Lipinski definition) is 2. The van der Waals surface area contributed by atoms with E-state index in [9.17, 15) is 14.4 Å². The fourth-order valence-corrected chi connectivity index (χ4v) is 4.37. The second kappa shape index (κ2) is 11.5. The highest BCUT2D eigenvalue weighted by Gasteiger charge is 2.34. The molecule has 3 aromatic rings. The predicted octanol–water partition coefficient (Wildman–Crippen LogP) is 3.80. The van der Waals surface area contributed by atoms with Gasteiger partial charge >= 0.3 is 0 Å². The zero-order chi connectivity index (χ0) is 24.6. The number of pyridine rings is 1. The third-order valence-electron chi connectivity index (χ3n) is 6.25. The Morgan fingerprint density at radius 3 is 2.49 bits per heavy atom. The van der Waals surface area contributed by atoms with Crippen molar-refractivity contribution in [2.24, 2.45) is 0 Å². The summed E-state index contributed by atoms with van der Waals surface area (Å²) < 4.78 is 5.11. The molecule has 2 aromatic heterocycles. The maximum Gasteiger partial charge on any atom is 0.287 e. The molecule has 35 heavy (non-hydrogen) atoms. The number of furan rings is 1. The van der Waals surface area contributed by atoms with Crippen molar-refractivity contribution in [2.45, 2.75) is 51.1 Å². The van der Waals surface area contributed by atoms with Crippen LogP contribution >= 0.6 is 0 Å². The molecule has 0 saturated heterocycles. The number of amides is 3. The number of benzene rings is 1. The van der Waals surface area contributed by atoms with Gasteiger partial charge in [-0.05, 0) is 54.7 Å². The average molecular weight is 475 g/mol. The maximum absolute atomic E-state index is 13.7. The number of nitrogens with zero attached hydrogens (tertiary/aromatic N) is 2. The fourth-order valence-electron chi connectivity index (χ4n) is 4.37. The van der Waals surface area contributed by atoms with Crippen molar-refractivity contribution in [1.29, 1.82) is 0 Å². The van der Waals surface area contributed by atoms with E-state index in [1.807, 2.05) is 24.3 Å². The van der Waals surface area contributed by atoms with E-state index in [1.165, 1.54) is 17.2 Å². The van der Waals surface area contributed by atoms with Gasteiger partial charge in [-0.3, -0.25) is 24.3 Å². The standard InChI is InChI=1S/C27H30N4O4/c1-2-19-11-13-20(14-12-19)25(27(34)30-21-7-3-4-8-21)31(22-9-5-15-28-17-22)24(32)18-29-26(33)23-10-6-16-35-23/h5-6,9-17,21,25H,2-4,7-8,18H2,1H3,(H,29,33)(H,30,34)/t25-/m0/s1. The molecule has 4 rings (SSSR count). The first kappa shape index (κ1) is 24.2. The molecule has 2 N–H and O–H groups in total. The quantitative estimate of drug-likeness (QED) is 0.491.